The van der Waals surface area contributed by atoms with Crippen LogP contribution in [0.3, 0.4) is 0 Å². The fourth-order valence-electron chi connectivity index (χ4n) is 6.24. The Hall–Kier alpha value is -1.56. The first-order valence-electron chi connectivity index (χ1n) is 19.5. The molecular formula is C43H70N2Pd. The zero-order chi connectivity index (χ0) is 32.5. The van der Waals surface area contributed by atoms with Crippen molar-refractivity contribution in [3.05, 3.63) is 58.7 Å². The van der Waals surface area contributed by atoms with Crippen molar-refractivity contribution in [1.29, 1.82) is 0 Å². The molecule has 0 heterocycles. The van der Waals surface area contributed by atoms with Crippen molar-refractivity contribution in [3.63, 3.8) is 0 Å². The van der Waals surface area contributed by atoms with Gasteiger partial charge in [0.2, 0.25) is 0 Å². The molecule has 262 valence electrons. The largest absolute Gasteiger partial charge is 0.252 e. The second kappa shape index (κ2) is 27.4. The van der Waals surface area contributed by atoms with Crippen molar-refractivity contribution in [2.45, 2.75) is 189 Å². The monoisotopic (exact) mass is 720 g/mol. The first kappa shape index (κ1) is 42.5. The van der Waals surface area contributed by atoms with Gasteiger partial charge in [-0.1, -0.05) is 124 Å². The van der Waals surface area contributed by atoms with Gasteiger partial charge in [0.1, 0.15) is 0 Å². The average Bonchev–Trinajstić information content (AvgIpc) is 3.03. The molecule has 0 aliphatic carbocycles. The van der Waals surface area contributed by atoms with Crippen LogP contribution in [0.15, 0.2) is 46.4 Å². The number of nitrogens with zero attached hydrogens (tertiary/aromatic N) is 2. The summed E-state index contributed by atoms with van der Waals surface area (Å²) in [7, 11) is 0. The summed E-state index contributed by atoms with van der Waals surface area (Å²) in [5, 5.41) is 0. The van der Waals surface area contributed by atoms with Gasteiger partial charge in [0.05, 0.1) is 22.8 Å². The third kappa shape index (κ3) is 18.1. The van der Waals surface area contributed by atoms with Gasteiger partial charge in [0.25, 0.3) is 0 Å². The van der Waals surface area contributed by atoms with Crippen LogP contribution in [0.25, 0.3) is 0 Å². The number of unbranched alkanes of at least 4 members (excludes halogenated alkanes) is 11. The van der Waals surface area contributed by atoms with Crippen LogP contribution in [-0.2, 0) is 46.1 Å². The number of benzene rings is 2. The summed E-state index contributed by atoms with van der Waals surface area (Å²) >= 11 is 0. The quantitative estimate of drug-likeness (QED) is 0.0525. The Morgan fingerprint density at radius 3 is 0.957 bits per heavy atom. The van der Waals surface area contributed by atoms with E-state index >= 15 is 0 Å². The van der Waals surface area contributed by atoms with E-state index in [9.17, 15) is 0 Å². The number of hydrogen-bond acceptors (Lipinski definition) is 2. The molecule has 0 saturated heterocycles. The fraction of sp³-hybridized carbons (Fsp3) is 0.674. The predicted molar refractivity (Wildman–Crippen MR) is 204 cm³/mol. The van der Waals surface area contributed by atoms with Gasteiger partial charge >= 0.3 is 0 Å². The van der Waals surface area contributed by atoms with Gasteiger partial charge in [-0.25, -0.2) is 0 Å². The minimum absolute atomic E-state index is 0. The molecule has 2 nitrogen and oxygen atoms in total. The Morgan fingerprint density at radius 2 is 0.652 bits per heavy atom. The van der Waals surface area contributed by atoms with E-state index in [1.165, 1.54) is 136 Å². The molecule has 0 aromatic heterocycles. The summed E-state index contributed by atoms with van der Waals surface area (Å²) in [6.45, 7) is 13.8. The van der Waals surface area contributed by atoms with Gasteiger partial charge in [0, 0.05) is 20.4 Å². The number of hydrogen-bond donors (Lipinski definition) is 0. The molecule has 0 aliphatic heterocycles. The molecule has 0 atom stereocenters. The van der Waals surface area contributed by atoms with Gasteiger partial charge in [-0.05, 0) is 124 Å². The topological polar surface area (TPSA) is 24.7 Å². The van der Waals surface area contributed by atoms with Gasteiger partial charge in [-0.15, -0.1) is 0 Å². The van der Waals surface area contributed by atoms with Crippen molar-refractivity contribution in [2.75, 3.05) is 0 Å². The van der Waals surface area contributed by atoms with E-state index in [2.05, 4.69) is 77.9 Å². The van der Waals surface area contributed by atoms with E-state index in [4.69, 9.17) is 9.98 Å². The Morgan fingerprint density at radius 1 is 0.370 bits per heavy atom. The van der Waals surface area contributed by atoms with Crippen LogP contribution in [-0.4, -0.2) is 11.4 Å². The zero-order valence-electron chi connectivity index (χ0n) is 30.9. The molecule has 46 heavy (non-hydrogen) atoms. The molecule has 0 saturated carbocycles. The maximum atomic E-state index is 5.51. The van der Waals surface area contributed by atoms with Crippen LogP contribution >= 0.6 is 0 Å². The molecule has 0 fully saturated rings. The summed E-state index contributed by atoms with van der Waals surface area (Å²) in [5.74, 6) is 0. The number of aliphatic imine (C=N–C) groups is 2. The summed E-state index contributed by atoms with van der Waals surface area (Å²) in [6, 6.07) is 14.5. The molecule has 2 aromatic carbocycles. The van der Waals surface area contributed by atoms with E-state index in [1.54, 1.807) is 0 Å². The van der Waals surface area contributed by atoms with Crippen molar-refractivity contribution >= 4 is 22.8 Å². The molecule has 2 rings (SSSR count). The second-order valence-electron chi connectivity index (χ2n) is 13.5. The van der Waals surface area contributed by atoms with Crippen LogP contribution in [0.5, 0.6) is 0 Å². The molecule has 0 amide bonds. The summed E-state index contributed by atoms with van der Waals surface area (Å²) in [5.41, 5.74) is 10.6. The predicted octanol–water partition coefficient (Wildman–Crippen LogP) is 14.2. The zero-order valence-corrected chi connectivity index (χ0v) is 32.5. The van der Waals surface area contributed by atoms with Crippen molar-refractivity contribution in [2.24, 2.45) is 9.98 Å². The van der Waals surface area contributed by atoms with Crippen LogP contribution < -0.4 is 0 Å². The normalized spacial score (nSPS) is 12.0. The van der Waals surface area contributed by atoms with Gasteiger partial charge in [-0.3, -0.25) is 9.98 Å². The van der Waals surface area contributed by atoms with E-state index < -0.39 is 0 Å². The van der Waals surface area contributed by atoms with E-state index in [0.717, 1.165) is 56.3 Å². The maximum absolute atomic E-state index is 5.51. The van der Waals surface area contributed by atoms with Crippen LogP contribution in [0.4, 0.5) is 11.4 Å². The Labute approximate surface area is 299 Å². The third-order valence-corrected chi connectivity index (χ3v) is 9.00. The fourth-order valence-corrected chi connectivity index (χ4v) is 6.24. The van der Waals surface area contributed by atoms with Crippen molar-refractivity contribution in [3.8, 4) is 0 Å². The Kier molecular flexibility index (Phi) is 25.3. The molecule has 0 radical (unpaired) electrons. The maximum Gasteiger partial charge on any atom is 0.0639 e. The number of aryl methyl sites for hydroxylation is 4. The van der Waals surface area contributed by atoms with Gasteiger partial charge in [-0.2, -0.15) is 0 Å². The van der Waals surface area contributed by atoms with Crippen molar-refractivity contribution in [1.82, 2.24) is 0 Å². The molecule has 0 unspecified atom stereocenters. The first-order valence-corrected chi connectivity index (χ1v) is 19.5. The molecule has 0 bridgehead atoms. The van der Waals surface area contributed by atoms with Gasteiger partial charge < -0.3 is 0 Å². The van der Waals surface area contributed by atoms with E-state index in [1.807, 2.05) is 0 Å². The summed E-state index contributed by atoms with van der Waals surface area (Å²) in [4.78, 5) is 11.0. The summed E-state index contributed by atoms with van der Waals surface area (Å²) < 4.78 is 0. The minimum Gasteiger partial charge on any atom is -0.252 e. The molecule has 0 aliphatic rings. The van der Waals surface area contributed by atoms with E-state index in [-0.39, 0.29) is 20.4 Å². The standard InChI is InChI=1S/C43H70N2.Pd/c1-7-13-19-24-36-30-37(25-20-14-8-2)33-40(32-36)44-42(28-18-12-6)43(29-23-17-11-5)45-41-34-38(26-21-15-9-3)31-39(35-41)27-22-16-10-4;/h30-35H,7-29H2,1-6H3;/b44-42+,45-43+;. The minimum atomic E-state index is 0. The van der Waals surface area contributed by atoms with Gasteiger partial charge in [0.15, 0.2) is 0 Å². The molecule has 0 N–H and O–H groups in total. The van der Waals surface area contributed by atoms with E-state index in [0.29, 0.717) is 0 Å². The number of rotatable bonds is 26. The van der Waals surface area contributed by atoms with Crippen molar-refractivity contribution < 1.29 is 20.4 Å². The SMILES string of the molecule is CCCCCC(=N\c1cc(CCCCC)cc(CCCCC)c1)/C(CCCC)=N/c1cc(CCCCC)cc(CCCCC)c1.[Pd]. The van der Waals surface area contributed by atoms with Crippen LogP contribution in [0, 0.1) is 0 Å². The smallest absolute Gasteiger partial charge is 0.0639 e. The Balaban J connectivity index is 0.0000106. The van der Waals surface area contributed by atoms with Crippen LogP contribution in [0.1, 0.15) is 186 Å². The molecule has 0 spiro atoms. The average molecular weight is 721 g/mol. The first-order chi connectivity index (χ1) is 22.1. The Bertz CT molecular complexity index is 1060. The molecule has 2 aromatic rings. The third-order valence-electron chi connectivity index (χ3n) is 9.00. The molecule has 3 heteroatoms. The van der Waals surface area contributed by atoms with Crippen LogP contribution in [0.2, 0.25) is 0 Å². The second-order valence-corrected chi connectivity index (χ2v) is 13.5. The molecular weight excluding hydrogens is 651 g/mol. The summed E-state index contributed by atoms with van der Waals surface area (Å²) in [6.07, 6.45) is 27.9.